The van der Waals surface area contributed by atoms with Gasteiger partial charge in [0.15, 0.2) is 0 Å². The number of hydrogen-bond donors (Lipinski definition) is 2. The van der Waals surface area contributed by atoms with Crippen molar-refractivity contribution in [1.29, 1.82) is 0 Å². The molecule has 1 aliphatic heterocycles. The van der Waals surface area contributed by atoms with Crippen molar-refractivity contribution in [2.24, 2.45) is 0 Å². The van der Waals surface area contributed by atoms with E-state index >= 15 is 0 Å². The van der Waals surface area contributed by atoms with Crippen LogP contribution in [0.4, 0.5) is 5.69 Å². The van der Waals surface area contributed by atoms with E-state index in [0.29, 0.717) is 19.5 Å². The monoisotopic (exact) mass is 389 g/mol. The quantitative estimate of drug-likeness (QED) is 0.479. The fourth-order valence-corrected chi connectivity index (χ4v) is 3.89. The molecule has 2 aromatic rings. The molecule has 29 heavy (non-hydrogen) atoms. The zero-order valence-electron chi connectivity index (χ0n) is 16.0. The molecule has 2 N–H and O–H groups in total. The number of rotatable bonds is 4. The van der Waals surface area contributed by atoms with Gasteiger partial charge < -0.3 is 9.80 Å². The highest BCUT2D eigenvalue weighted by Crippen LogP contribution is 2.27. The summed E-state index contributed by atoms with van der Waals surface area (Å²) in [6, 6.07) is 15.9. The van der Waals surface area contributed by atoms with E-state index in [0.717, 1.165) is 35.5 Å². The first-order valence-corrected chi connectivity index (χ1v) is 9.69. The van der Waals surface area contributed by atoms with Crippen LogP contribution in [-0.2, 0) is 16.0 Å². The summed E-state index contributed by atoms with van der Waals surface area (Å²) in [5.41, 5.74) is 6.71. The summed E-state index contributed by atoms with van der Waals surface area (Å²) in [5, 5.41) is 8.66. The molecule has 148 valence electrons. The van der Waals surface area contributed by atoms with Crippen LogP contribution in [-0.4, -0.2) is 48.1 Å². The van der Waals surface area contributed by atoms with Gasteiger partial charge >= 0.3 is 0 Å². The number of carbonyl (C=O) groups is 2. The third kappa shape index (κ3) is 4.07. The molecule has 1 aliphatic carbocycles. The molecule has 1 heterocycles. The molecule has 2 amide bonds. The van der Waals surface area contributed by atoms with Crippen LogP contribution in [0.2, 0.25) is 0 Å². The van der Waals surface area contributed by atoms with E-state index in [4.69, 9.17) is 5.21 Å². The predicted molar refractivity (Wildman–Crippen MR) is 112 cm³/mol. The number of nitrogens with one attached hydrogen (secondary N) is 1. The highest BCUT2D eigenvalue weighted by atomic mass is 16.5. The Kier molecular flexibility index (Phi) is 5.44. The smallest absolute Gasteiger partial charge is 0.267 e. The molecular weight excluding hydrogens is 366 g/mol. The Labute approximate surface area is 169 Å². The Morgan fingerprint density at radius 2 is 1.69 bits per heavy atom. The van der Waals surface area contributed by atoms with Gasteiger partial charge in [0.05, 0.1) is 0 Å². The minimum absolute atomic E-state index is 0.119. The van der Waals surface area contributed by atoms with Crippen LogP contribution in [0.25, 0.3) is 12.2 Å². The van der Waals surface area contributed by atoms with E-state index in [1.165, 1.54) is 11.6 Å². The van der Waals surface area contributed by atoms with E-state index in [2.05, 4.69) is 17.0 Å². The van der Waals surface area contributed by atoms with Crippen molar-refractivity contribution < 1.29 is 14.8 Å². The molecule has 1 saturated heterocycles. The molecule has 0 saturated carbocycles. The van der Waals surface area contributed by atoms with Gasteiger partial charge in [-0.25, -0.2) is 5.48 Å². The van der Waals surface area contributed by atoms with Crippen LogP contribution < -0.4 is 10.4 Å². The molecule has 1 fully saturated rings. The van der Waals surface area contributed by atoms with Crippen molar-refractivity contribution in [2.45, 2.75) is 6.42 Å². The summed E-state index contributed by atoms with van der Waals surface area (Å²) in [4.78, 5) is 28.4. The fraction of sp³-hybridized carbons (Fsp3) is 0.217. The summed E-state index contributed by atoms with van der Waals surface area (Å²) in [7, 11) is 0. The summed E-state index contributed by atoms with van der Waals surface area (Å²) in [6.45, 7) is 2.76. The van der Waals surface area contributed by atoms with Crippen LogP contribution in [0.15, 0.2) is 60.2 Å². The summed E-state index contributed by atoms with van der Waals surface area (Å²) >= 11 is 0. The molecule has 2 aliphatic rings. The van der Waals surface area contributed by atoms with Gasteiger partial charge in [0.2, 0.25) is 5.91 Å². The lowest BCUT2D eigenvalue weighted by molar-refractivity contribution is -0.127. The number of amides is 2. The Bertz CT molecular complexity index is 988. The molecule has 6 nitrogen and oxygen atoms in total. The number of carbonyl (C=O) groups excluding carboxylic acids is 2. The van der Waals surface area contributed by atoms with Crippen molar-refractivity contribution >= 4 is 29.7 Å². The van der Waals surface area contributed by atoms with Crippen molar-refractivity contribution in [2.75, 3.05) is 31.1 Å². The van der Waals surface area contributed by atoms with Crippen LogP contribution >= 0.6 is 0 Å². The first kappa shape index (κ1) is 19.0. The molecule has 4 rings (SSSR count). The maximum Gasteiger partial charge on any atom is 0.267 e. The van der Waals surface area contributed by atoms with E-state index < -0.39 is 5.91 Å². The van der Waals surface area contributed by atoms with Gasteiger partial charge in [-0.3, -0.25) is 14.8 Å². The molecule has 0 spiro atoms. The highest BCUT2D eigenvalue weighted by Gasteiger charge is 2.26. The van der Waals surface area contributed by atoms with Gasteiger partial charge in [-0.2, -0.15) is 0 Å². The number of benzene rings is 2. The first-order valence-electron chi connectivity index (χ1n) is 9.69. The molecule has 2 aromatic carbocycles. The number of fused-ring (bicyclic) bond motifs is 1. The first-order chi connectivity index (χ1) is 14.2. The Morgan fingerprint density at radius 3 is 2.45 bits per heavy atom. The second-order valence-electron chi connectivity index (χ2n) is 7.19. The summed E-state index contributed by atoms with van der Waals surface area (Å²) in [5.74, 6) is -0.449. The minimum Gasteiger partial charge on any atom is -0.367 e. The second kappa shape index (κ2) is 8.32. The van der Waals surface area contributed by atoms with Crippen molar-refractivity contribution in [3.8, 4) is 0 Å². The van der Waals surface area contributed by atoms with E-state index in [-0.39, 0.29) is 5.91 Å². The largest absolute Gasteiger partial charge is 0.367 e. The standard InChI is InChI=1S/C23H23N3O3/c27-22(24-29)10-9-17-5-3-4-8-21(17)25-11-13-26(14-12-25)23(28)20-15-18-6-1-2-7-19(18)16-20/h1-10,15,29H,11-14,16H2,(H,24,27)/b10-9+. The molecule has 0 bridgehead atoms. The summed E-state index contributed by atoms with van der Waals surface area (Å²) in [6.07, 6.45) is 5.69. The third-order valence-electron chi connectivity index (χ3n) is 5.41. The topological polar surface area (TPSA) is 72.9 Å². The van der Waals surface area contributed by atoms with Gasteiger partial charge in [-0.15, -0.1) is 0 Å². The molecule has 0 radical (unpaired) electrons. The average molecular weight is 389 g/mol. The Morgan fingerprint density at radius 1 is 0.966 bits per heavy atom. The number of para-hydroxylation sites is 1. The Balaban J connectivity index is 1.41. The number of nitrogens with zero attached hydrogens (tertiary/aromatic N) is 2. The van der Waals surface area contributed by atoms with Gasteiger partial charge in [-0.05, 0) is 34.9 Å². The van der Waals surface area contributed by atoms with Crippen molar-refractivity contribution in [1.82, 2.24) is 10.4 Å². The van der Waals surface area contributed by atoms with Crippen molar-refractivity contribution in [3.05, 3.63) is 76.9 Å². The lowest BCUT2D eigenvalue weighted by Gasteiger charge is -2.37. The van der Waals surface area contributed by atoms with E-state index in [1.54, 1.807) is 11.6 Å². The van der Waals surface area contributed by atoms with Crippen LogP contribution in [0.5, 0.6) is 0 Å². The molecule has 0 unspecified atom stereocenters. The number of hydroxylamine groups is 1. The number of piperazine rings is 1. The van der Waals surface area contributed by atoms with Gasteiger partial charge in [-0.1, -0.05) is 42.5 Å². The van der Waals surface area contributed by atoms with E-state index in [9.17, 15) is 9.59 Å². The van der Waals surface area contributed by atoms with Gasteiger partial charge in [0.1, 0.15) is 0 Å². The minimum atomic E-state index is -0.568. The lowest BCUT2D eigenvalue weighted by Crippen LogP contribution is -2.49. The average Bonchev–Trinajstić information content (AvgIpc) is 3.21. The molecule has 6 heteroatoms. The zero-order chi connectivity index (χ0) is 20.2. The van der Waals surface area contributed by atoms with Crippen LogP contribution in [0, 0.1) is 0 Å². The highest BCUT2D eigenvalue weighted by molar-refractivity contribution is 6.00. The maximum absolute atomic E-state index is 12.9. The predicted octanol–water partition coefficient (Wildman–Crippen LogP) is 2.49. The molecule has 0 aromatic heterocycles. The van der Waals surface area contributed by atoms with Crippen LogP contribution in [0.3, 0.4) is 0 Å². The molecule has 0 atom stereocenters. The SMILES string of the molecule is O=C(/C=C/c1ccccc1N1CCN(C(=O)C2=Cc3ccccc3C2)CC1)NO. The maximum atomic E-state index is 12.9. The number of anilines is 1. The van der Waals surface area contributed by atoms with Gasteiger partial charge in [0.25, 0.3) is 5.91 Å². The number of hydrogen-bond acceptors (Lipinski definition) is 4. The van der Waals surface area contributed by atoms with Crippen LogP contribution in [0.1, 0.15) is 16.7 Å². The third-order valence-corrected chi connectivity index (χ3v) is 5.41. The summed E-state index contributed by atoms with van der Waals surface area (Å²) < 4.78 is 0. The second-order valence-corrected chi connectivity index (χ2v) is 7.19. The lowest BCUT2D eigenvalue weighted by atomic mass is 10.1. The zero-order valence-corrected chi connectivity index (χ0v) is 16.0. The Hall–Kier alpha value is -3.38. The van der Waals surface area contributed by atoms with E-state index in [1.807, 2.05) is 47.4 Å². The molecular formula is C23H23N3O3. The fourth-order valence-electron chi connectivity index (χ4n) is 3.89. The normalized spacial score (nSPS) is 16.0. The van der Waals surface area contributed by atoms with Gasteiger partial charge in [0, 0.05) is 49.9 Å². The van der Waals surface area contributed by atoms with Crippen molar-refractivity contribution in [3.63, 3.8) is 0 Å².